The average Bonchev–Trinajstić information content (AvgIpc) is 3.24. The van der Waals surface area contributed by atoms with Crippen molar-refractivity contribution in [3.8, 4) is 22.9 Å². The number of nitrogens with one attached hydrogen (secondary N) is 1. The lowest BCUT2D eigenvalue weighted by molar-refractivity contribution is 0.133. The fraction of sp³-hybridized carbons (Fsp3) is 0.296. The molecule has 8 heteroatoms. The van der Waals surface area contributed by atoms with Crippen molar-refractivity contribution in [2.24, 2.45) is 13.0 Å². The standard InChI is InChI=1S/C27H27N5O2S/c1-27(2)18-14-17(35-26-31-30-25(32(26)3)16-10-12-28-13-11-16)8-9-20(18)29-24-19(27)15-34-22-7-5-6-21(33-4)23(22)24/h5-14,19,24,29H,15H2,1-4H3/t19-,24-/m0/s1. The van der Waals surface area contributed by atoms with Gasteiger partial charge < -0.3 is 19.4 Å². The number of pyridine rings is 1. The van der Waals surface area contributed by atoms with Crippen LogP contribution in [0.3, 0.4) is 0 Å². The number of rotatable bonds is 4. The zero-order chi connectivity index (χ0) is 24.2. The van der Waals surface area contributed by atoms with Crippen molar-refractivity contribution in [2.75, 3.05) is 19.0 Å². The van der Waals surface area contributed by atoms with Gasteiger partial charge in [0, 0.05) is 46.9 Å². The maximum Gasteiger partial charge on any atom is 0.196 e. The van der Waals surface area contributed by atoms with Crippen molar-refractivity contribution in [1.82, 2.24) is 19.7 Å². The van der Waals surface area contributed by atoms with E-state index >= 15 is 0 Å². The molecule has 2 aromatic heterocycles. The third kappa shape index (κ3) is 3.55. The Balaban J connectivity index is 1.34. The normalized spacial score (nSPS) is 19.5. The fourth-order valence-corrected chi connectivity index (χ4v) is 6.11. The minimum atomic E-state index is -0.109. The predicted octanol–water partition coefficient (Wildman–Crippen LogP) is 5.49. The molecule has 0 amide bonds. The lowest BCUT2D eigenvalue weighted by atomic mass is 9.65. The molecule has 2 aromatic carbocycles. The van der Waals surface area contributed by atoms with Crippen LogP contribution < -0.4 is 14.8 Å². The molecule has 0 saturated carbocycles. The summed E-state index contributed by atoms with van der Waals surface area (Å²) in [6, 6.07) is 16.6. The summed E-state index contributed by atoms with van der Waals surface area (Å²) >= 11 is 1.62. The van der Waals surface area contributed by atoms with E-state index in [1.54, 1.807) is 31.3 Å². The maximum absolute atomic E-state index is 6.22. The highest BCUT2D eigenvalue weighted by Crippen LogP contribution is 2.54. The lowest BCUT2D eigenvalue weighted by Crippen LogP contribution is -2.46. The molecule has 2 aliphatic heterocycles. The monoisotopic (exact) mass is 485 g/mol. The molecule has 2 atom stereocenters. The number of nitrogens with zero attached hydrogens (tertiary/aromatic N) is 4. The minimum Gasteiger partial charge on any atom is -0.496 e. The molecule has 0 unspecified atom stereocenters. The molecule has 0 spiro atoms. The molecule has 2 aliphatic rings. The van der Waals surface area contributed by atoms with Crippen LogP contribution in [0.5, 0.6) is 11.5 Å². The third-order valence-corrected chi connectivity index (χ3v) is 8.31. The first-order chi connectivity index (χ1) is 17.0. The summed E-state index contributed by atoms with van der Waals surface area (Å²) in [7, 11) is 3.72. The zero-order valence-electron chi connectivity index (χ0n) is 20.1. The summed E-state index contributed by atoms with van der Waals surface area (Å²) in [6.07, 6.45) is 3.54. The number of methoxy groups -OCH3 is 1. The van der Waals surface area contributed by atoms with Gasteiger partial charge in [0.25, 0.3) is 0 Å². The molecular formula is C27H27N5O2S. The second-order valence-corrected chi connectivity index (χ2v) is 10.6. The number of aromatic nitrogens is 4. The molecule has 1 N–H and O–H groups in total. The number of hydrogen-bond donors (Lipinski definition) is 1. The molecule has 0 radical (unpaired) electrons. The van der Waals surface area contributed by atoms with Crippen LogP contribution in [-0.2, 0) is 12.5 Å². The van der Waals surface area contributed by atoms with E-state index in [9.17, 15) is 0 Å². The molecule has 35 heavy (non-hydrogen) atoms. The Hall–Kier alpha value is -3.52. The van der Waals surface area contributed by atoms with Gasteiger partial charge in [0.05, 0.1) is 25.3 Å². The van der Waals surface area contributed by atoms with Crippen LogP contribution in [0.25, 0.3) is 11.4 Å². The van der Waals surface area contributed by atoms with Crippen LogP contribution in [-0.4, -0.2) is 33.5 Å². The average molecular weight is 486 g/mol. The molecule has 4 heterocycles. The highest BCUT2D eigenvalue weighted by atomic mass is 32.2. The highest BCUT2D eigenvalue weighted by Gasteiger charge is 2.47. The largest absolute Gasteiger partial charge is 0.496 e. The molecule has 6 rings (SSSR count). The Labute approximate surface area is 208 Å². The molecule has 0 fully saturated rings. The number of fused-ring (bicyclic) bond motifs is 4. The fourth-order valence-electron chi connectivity index (χ4n) is 5.28. The predicted molar refractivity (Wildman–Crippen MR) is 136 cm³/mol. The van der Waals surface area contributed by atoms with Crippen LogP contribution in [0, 0.1) is 5.92 Å². The van der Waals surface area contributed by atoms with Crippen molar-refractivity contribution in [1.29, 1.82) is 0 Å². The smallest absolute Gasteiger partial charge is 0.196 e. The van der Waals surface area contributed by atoms with Crippen molar-refractivity contribution < 1.29 is 9.47 Å². The minimum absolute atomic E-state index is 0.109. The van der Waals surface area contributed by atoms with E-state index in [-0.39, 0.29) is 17.4 Å². The number of anilines is 1. The number of hydrogen-bond acceptors (Lipinski definition) is 7. The summed E-state index contributed by atoms with van der Waals surface area (Å²) in [6.45, 7) is 5.28. The van der Waals surface area contributed by atoms with Gasteiger partial charge in [-0.15, -0.1) is 10.2 Å². The summed E-state index contributed by atoms with van der Waals surface area (Å²) in [5.41, 5.74) is 4.42. The topological polar surface area (TPSA) is 74.1 Å². The molecule has 0 saturated heterocycles. The molecular weight excluding hydrogens is 458 g/mol. The van der Waals surface area contributed by atoms with E-state index in [0.717, 1.165) is 44.2 Å². The molecule has 4 aromatic rings. The molecule has 0 bridgehead atoms. The van der Waals surface area contributed by atoms with E-state index in [0.29, 0.717) is 6.61 Å². The Morgan fingerprint density at radius 1 is 1.11 bits per heavy atom. The van der Waals surface area contributed by atoms with Crippen molar-refractivity contribution >= 4 is 17.4 Å². The Morgan fingerprint density at radius 3 is 2.74 bits per heavy atom. The van der Waals surface area contributed by atoms with Crippen LogP contribution in [0.2, 0.25) is 0 Å². The first kappa shape index (κ1) is 22.0. The maximum atomic E-state index is 6.22. The van der Waals surface area contributed by atoms with Crippen molar-refractivity contribution in [2.45, 2.75) is 35.4 Å². The Morgan fingerprint density at radius 2 is 1.94 bits per heavy atom. The van der Waals surface area contributed by atoms with Crippen LogP contribution >= 0.6 is 11.8 Å². The van der Waals surface area contributed by atoms with Gasteiger partial charge in [-0.25, -0.2) is 0 Å². The van der Waals surface area contributed by atoms with Gasteiger partial charge in [-0.3, -0.25) is 4.98 Å². The summed E-state index contributed by atoms with van der Waals surface area (Å²) < 4.78 is 14.0. The van der Waals surface area contributed by atoms with Gasteiger partial charge in [0.2, 0.25) is 0 Å². The first-order valence-corrected chi connectivity index (χ1v) is 12.5. The Kier molecular flexibility index (Phi) is 5.21. The van der Waals surface area contributed by atoms with Crippen LogP contribution in [0.15, 0.2) is 71.0 Å². The first-order valence-electron chi connectivity index (χ1n) is 11.7. The number of benzene rings is 2. The molecule has 7 nitrogen and oxygen atoms in total. The summed E-state index contributed by atoms with van der Waals surface area (Å²) in [5.74, 6) is 2.84. The molecule has 0 aliphatic carbocycles. The summed E-state index contributed by atoms with van der Waals surface area (Å²) in [5, 5.41) is 13.5. The van der Waals surface area contributed by atoms with Gasteiger partial charge >= 0.3 is 0 Å². The lowest BCUT2D eigenvalue weighted by Gasteiger charge is -2.48. The van der Waals surface area contributed by atoms with Crippen molar-refractivity contribution in [3.63, 3.8) is 0 Å². The van der Waals surface area contributed by atoms with E-state index < -0.39 is 0 Å². The van der Waals surface area contributed by atoms with Crippen LogP contribution in [0.4, 0.5) is 5.69 Å². The van der Waals surface area contributed by atoms with Crippen molar-refractivity contribution in [3.05, 3.63) is 72.1 Å². The van der Waals surface area contributed by atoms with E-state index in [1.165, 1.54) is 5.56 Å². The van der Waals surface area contributed by atoms with Gasteiger partial charge in [0.15, 0.2) is 11.0 Å². The van der Waals surface area contributed by atoms with Crippen LogP contribution in [0.1, 0.15) is 31.0 Å². The second kappa shape index (κ2) is 8.30. The van der Waals surface area contributed by atoms with Gasteiger partial charge in [-0.2, -0.15) is 0 Å². The second-order valence-electron chi connectivity index (χ2n) is 9.54. The highest BCUT2D eigenvalue weighted by molar-refractivity contribution is 7.99. The SMILES string of the molecule is COc1cccc2c1[C@H]1Nc3ccc(Sc4nnc(-c5ccncc5)n4C)cc3C(C)(C)[C@H]1CO2. The Bertz CT molecular complexity index is 1390. The van der Waals surface area contributed by atoms with E-state index in [4.69, 9.17) is 9.47 Å². The third-order valence-electron chi connectivity index (χ3n) is 7.28. The van der Waals surface area contributed by atoms with E-state index in [1.807, 2.05) is 41.9 Å². The molecule has 178 valence electrons. The zero-order valence-corrected chi connectivity index (χ0v) is 21.0. The van der Waals surface area contributed by atoms with E-state index in [2.05, 4.69) is 52.5 Å². The quantitative estimate of drug-likeness (QED) is 0.410. The number of ether oxygens (including phenoxy) is 2. The van der Waals surface area contributed by atoms with Gasteiger partial charge in [0.1, 0.15) is 11.5 Å². The van der Waals surface area contributed by atoms with Gasteiger partial charge in [-0.1, -0.05) is 19.9 Å². The summed E-state index contributed by atoms with van der Waals surface area (Å²) in [4.78, 5) is 5.22. The van der Waals surface area contributed by atoms with Gasteiger partial charge in [-0.05, 0) is 59.8 Å².